The summed E-state index contributed by atoms with van der Waals surface area (Å²) >= 11 is 2.00. The molecule has 1 atom stereocenters. The fraction of sp³-hybridized carbons (Fsp3) is 0.647. The minimum Gasteiger partial charge on any atom is -0.312 e. The number of thioether (sulfide) groups is 1. The zero-order valence-electron chi connectivity index (χ0n) is 13.2. The molecular formula is C17H28FNS. The van der Waals surface area contributed by atoms with Gasteiger partial charge in [-0.25, -0.2) is 4.39 Å². The lowest BCUT2D eigenvalue weighted by atomic mass is 9.95. The van der Waals surface area contributed by atoms with E-state index in [9.17, 15) is 4.39 Å². The first-order valence-electron chi connectivity index (χ1n) is 7.48. The normalized spacial score (nSPS) is 13.4. The van der Waals surface area contributed by atoms with Gasteiger partial charge in [0.05, 0.1) is 0 Å². The van der Waals surface area contributed by atoms with E-state index < -0.39 is 0 Å². The van der Waals surface area contributed by atoms with Crippen LogP contribution in [0.2, 0.25) is 0 Å². The summed E-state index contributed by atoms with van der Waals surface area (Å²) in [5.74, 6) is 2.84. The summed E-state index contributed by atoms with van der Waals surface area (Å²) in [6.45, 7) is 9.81. The summed E-state index contributed by atoms with van der Waals surface area (Å²) in [7, 11) is 0. The van der Waals surface area contributed by atoms with Crippen molar-refractivity contribution in [3.8, 4) is 0 Å². The predicted molar refractivity (Wildman–Crippen MR) is 89.0 cm³/mol. The summed E-state index contributed by atoms with van der Waals surface area (Å²) in [6, 6.07) is 6.94. The molecule has 0 aliphatic heterocycles. The molecule has 0 saturated heterocycles. The summed E-state index contributed by atoms with van der Waals surface area (Å²) in [5.41, 5.74) is 1.38. The van der Waals surface area contributed by atoms with E-state index in [1.54, 1.807) is 12.1 Å². The molecule has 0 bridgehead atoms. The maximum absolute atomic E-state index is 13.0. The molecule has 3 heteroatoms. The number of rotatable bonds is 8. The molecule has 0 saturated carbocycles. The van der Waals surface area contributed by atoms with Crippen LogP contribution in [0.15, 0.2) is 24.3 Å². The second-order valence-corrected chi connectivity index (χ2v) is 7.71. The van der Waals surface area contributed by atoms with Crippen LogP contribution in [-0.4, -0.2) is 23.6 Å². The second kappa shape index (κ2) is 8.68. The Kier molecular flexibility index (Phi) is 7.60. The molecule has 0 fully saturated rings. The van der Waals surface area contributed by atoms with Crippen LogP contribution in [0.25, 0.3) is 0 Å². The van der Waals surface area contributed by atoms with Gasteiger partial charge in [-0.2, -0.15) is 11.8 Å². The molecule has 0 aliphatic carbocycles. The minimum atomic E-state index is -0.153. The monoisotopic (exact) mass is 297 g/mol. The van der Waals surface area contributed by atoms with Gasteiger partial charge < -0.3 is 5.32 Å². The van der Waals surface area contributed by atoms with Crippen LogP contribution in [0.3, 0.4) is 0 Å². The maximum Gasteiger partial charge on any atom is 0.123 e. The highest BCUT2D eigenvalue weighted by Gasteiger charge is 2.14. The topological polar surface area (TPSA) is 12.0 Å². The van der Waals surface area contributed by atoms with E-state index in [4.69, 9.17) is 0 Å². The zero-order valence-corrected chi connectivity index (χ0v) is 14.0. The first-order chi connectivity index (χ1) is 9.40. The molecule has 0 radical (unpaired) electrons. The Morgan fingerprint density at radius 3 is 2.40 bits per heavy atom. The van der Waals surface area contributed by atoms with Crippen LogP contribution in [0.5, 0.6) is 0 Å². The molecule has 1 unspecified atom stereocenters. The number of benzene rings is 1. The lowest BCUT2D eigenvalue weighted by Gasteiger charge is -2.25. The Labute approximate surface area is 127 Å². The van der Waals surface area contributed by atoms with Gasteiger partial charge in [0, 0.05) is 5.54 Å². The summed E-state index contributed by atoms with van der Waals surface area (Å²) < 4.78 is 13.0. The van der Waals surface area contributed by atoms with Crippen molar-refractivity contribution in [1.29, 1.82) is 0 Å². The molecular weight excluding hydrogens is 269 g/mol. The van der Waals surface area contributed by atoms with Crippen molar-refractivity contribution in [2.24, 2.45) is 5.92 Å². The predicted octanol–water partition coefficient (Wildman–Crippen LogP) is 4.52. The van der Waals surface area contributed by atoms with Crippen LogP contribution in [0.4, 0.5) is 4.39 Å². The minimum absolute atomic E-state index is 0.152. The van der Waals surface area contributed by atoms with Crippen molar-refractivity contribution in [1.82, 2.24) is 5.32 Å². The van der Waals surface area contributed by atoms with Crippen LogP contribution < -0.4 is 5.32 Å². The van der Waals surface area contributed by atoms with Gasteiger partial charge in [0.25, 0.3) is 0 Å². The number of halogens is 1. The molecule has 114 valence electrons. The highest BCUT2D eigenvalue weighted by atomic mass is 32.2. The van der Waals surface area contributed by atoms with Crippen molar-refractivity contribution in [3.05, 3.63) is 35.6 Å². The number of hydrogen-bond donors (Lipinski definition) is 1. The van der Waals surface area contributed by atoms with Crippen LogP contribution in [0, 0.1) is 11.7 Å². The summed E-state index contributed by atoms with van der Waals surface area (Å²) in [5, 5.41) is 3.60. The third-order valence-corrected chi connectivity index (χ3v) is 4.17. The Hall–Kier alpha value is -0.540. The summed E-state index contributed by atoms with van der Waals surface area (Å²) in [4.78, 5) is 0. The smallest absolute Gasteiger partial charge is 0.123 e. The van der Waals surface area contributed by atoms with Crippen molar-refractivity contribution < 1.29 is 4.39 Å². The lowest BCUT2D eigenvalue weighted by molar-refractivity contribution is 0.364. The molecule has 1 rings (SSSR count). The highest BCUT2D eigenvalue weighted by molar-refractivity contribution is 7.99. The van der Waals surface area contributed by atoms with Gasteiger partial charge in [-0.1, -0.05) is 19.1 Å². The quantitative estimate of drug-likeness (QED) is 0.708. The van der Waals surface area contributed by atoms with Crippen molar-refractivity contribution >= 4 is 11.8 Å². The fourth-order valence-corrected chi connectivity index (χ4v) is 2.86. The average molecular weight is 297 g/mol. The van der Waals surface area contributed by atoms with Crippen LogP contribution in [-0.2, 0) is 6.42 Å². The zero-order chi connectivity index (χ0) is 15.0. The Morgan fingerprint density at radius 1 is 1.20 bits per heavy atom. The van der Waals surface area contributed by atoms with Crippen molar-refractivity contribution in [2.75, 3.05) is 18.1 Å². The molecule has 0 spiro atoms. The molecule has 1 nitrogen and oxygen atoms in total. The lowest BCUT2D eigenvalue weighted by Crippen LogP contribution is -2.39. The van der Waals surface area contributed by atoms with E-state index in [1.807, 2.05) is 23.9 Å². The molecule has 0 heterocycles. The Balaban J connectivity index is 2.54. The van der Waals surface area contributed by atoms with Gasteiger partial charge in [-0.15, -0.1) is 0 Å². The van der Waals surface area contributed by atoms with Gasteiger partial charge in [-0.3, -0.25) is 0 Å². The maximum atomic E-state index is 13.0. The van der Waals surface area contributed by atoms with Crippen molar-refractivity contribution in [2.45, 2.75) is 46.1 Å². The molecule has 1 aromatic carbocycles. The fourth-order valence-electron chi connectivity index (χ4n) is 2.07. The third-order valence-electron chi connectivity index (χ3n) is 3.23. The largest absolute Gasteiger partial charge is 0.312 e. The van der Waals surface area contributed by atoms with E-state index >= 15 is 0 Å². The van der Waals surface area contributed by atoms with E-state index in [-0.39, 0.29) is 11.4 Å². The van der Waals surface area contributed by atoms with Gasteiger partial charge in [-0.05, 0) is 75.3 Å². The van der Waals surface area contributed by atoms with E-state index in [0.717, 1.165) is 13.0 Å². The van der Waals surface area contributed by atoms with Gasteiger partial charge >= 0.3 is 0 Å². The van der Waals surface area contributed by atoms with E-state index in [0.29, 0.717) is 5.92 Å². The Bertz CT molecular complexity index is 370. The van der Waals surface area contributed by atoms with E-state index in [1.165, 1.54) is 23.5 Å². The summed E-state index contributed by atoms with van der Waals surface area (Å²) in [6.07, 6.45) is 2.23. The molecule has 0 aromatic heterocycles. The van der Waals surface area contributed by atoms with Gasteiger partial charge in [0.1, 0.15) is 5.82 Å². The van der Waals surface area contributed by atoms with Gasteiger partial charge in [0.2, 0.25) is 0 Å². The second-order valence-electron chi connectivity index (χ2n) is 6.31. The number of nitrogens with one attached hydrogen (secondary N) is 1. The molecule has 0 aliphatic rings. The van der Waals surface area contributed by atoms with Crippen LogP contribution in [0.1, 0.15) is 39.7 Å². The van der Waals surface area contributed by atoms with Crippen molar-refractivity contribution in [3.63, 3.8) is 0 Å². The molecule has 1 aromatic rings. The van der Waals surface area contributed by atoms with E-state index in [2.05, 4.69) is 33.0 Å². The average Bonchev–Trinajstić information content (AvgIpc) is 2.37. The molecule has 0 amide bonds. The van der Waals surface area contributed by atoms with Gasteiger partial charge in [0.15, 0.2) is 0 Å². The molecule has 20 heavy (non-hydrogen) atoms. The third kappa shape index (κ3) is 7.91. The highest BCUT2D eigenvalue weighted by Crippen LogP contribution is 2.16. The number of hydrogen-bond acceptors (Lipinski definition) is 2. The first-order valence-corrected chi connectivity index (χ1v) is 8.63. The molecule has 1 N–H and O–H groups in total. The first kappa shape index (κ1) is 17.5. The standard InChI is InChI=1S/C17H28FNS/c1-5-20-11-10-15(13-19-17(2,3)4)12-14-6-8-16(18)9-7-14/h6-9,15,19H,5,10-13H2,1-4H3. The van der Waals surface area contributed by atoms with Crippen LogP contribution >= 0.6 is 11.8 Å². The Morgan fingerprint density at radius 2 is 1.85 bits per heavy atom. The SMILES string of the molecule is CCSCCC(CNC(C)(C)C)Cc1ccc(F)cc1.